The number of allylic oxidation sites excluding steroid dienone is 4. The predicted molar refractivity (Wildman–Crippen MR) is 58.2 cm³/mol. The Balaban J connectivity index is 2.88. The fourth-order valence-corrected chi connectivity index (χ4v) is 2.07. The SMILES string of the molecule is FC1=CC(F)(C(F)(F)F)C(F)C(c2c(F)c(F)c(F)c(F)c2F)=C1F. The van der Waals surface area contributed by atoms with Gasteiger partial charge in [0, 0.05) is 11.6 Å². The molecular weight excluding hydrogens is 384 g/mol. The molecule has 0 nitrogen and oxygen atoms in total. The standard InChI is InChI=1S/C13H2F12/c14-2-1-12(22,13(23,24)25)11(21)4(5(2)15)3-6(16)8(18)10(20)9(19)7(3)17/h1,11H. The number of benzene rings is 1. The zero-order valence-corrected chi connectivity index (χ0v) is 11.2. The molecule has 0 heterocycles. The summed E-state index contributed by atoms with van der Waals surface area (Å²) in [6.45, 7) is 0. The van der Waals surface area contributed by atoms with Crippen LogP contribution in [0.3, 0.4) is 0 Å². The van der Waals surface area contributed by atoms with E-state index in [0.717, 1.165) is 0 Å². The highest BCUT2D eigenvalue weighted by Gasteiger charge is 2.64. The minimum absolute atomic E-state index is 1.18. The van der Waals surface area contributed by atoms with E-state index in [1.54, 1.807) is 0 Å². The van der Waals surface area contributed by atoms with Crippen molar-refractivity contribution in [2.75, 3.05) is 0 Å². The molecule has 0 saturated carbocycles. The zero-order chi connectivity index (χ0) is 19.5. The van der Waals surface area contributed by atoms with Gasteiger partial charge in [-0.25, -0.2) is 39.5 Å². The Morgan fingerprint density at radius 1 is 0.760 bits per heavy atom. The summed E-state index contributed by atoms with van der Waals surface area (Å²) in [5.74, 6) is -19.7. The van der Waals surface area contributed by atoms with E-state index in [4.69, 9.17) is 0 Å². The van der Waals surface area contributed by atoms with E-state index in [-0.39, 0.29) is 0 Å². The lowest BCUT2D eigenvalue weighted by atomic mass is 9.83. The van der Waals surface area contributed by atoms with Crippen molar-refractivity contribution in [2.24, 2.45) is 0 Å². The molecule has 0 fully saturated rings. The van der Waals surface area contributed by atoms with Crippen LogP contribution < -0.4 is 0 Å². The number of alkyl halides is 5. The van der Waals surface area contributed by atoms with Crippen LogP contribution in [-0.4, -0.2) is 18.0 Å². The van der Waals surface area contributed by atoms with Gasteiger partial charge in [0.1, 0.15) is 0 Å². The van der Waals surface area contributed by atoms with Gasteiger partial charge < -0.3 is 0 Å². The number of rotatable bonds is 1. The van der Waals surface area contributed by atoms with Crippen molar-refractivity contribution in [3.8, 4) is 0 Å². The van der Waals surface area contributed by atoms with Gasteiger partial charge in [-0.15, -0.1) is 0 Å². The highest BCUT2D eigenvalue weighted by Crippen LogP contribution is 2.51. The largest absolute Gasteiger partial charge is 0.429 e. The molecular formula is C13H2F12. The Morgan fingerprint density at radius 3 is 1.56 bits per heavy atom. The summed E-state index contributed by atoms with van der Waals surface area (Å²) in [5.41, 5.74) is -10.5. The van der Waals surface area contributed by atoms with Gasteiger partial charge in [-0.05, 0) is 0 Å². The molecule has 2 unspecified atom stereocenters. The molecule has 138 valence electrons. The molecule has 1 aromatic rings. The molecule has 0 N–H and O–H groups in total. The Kier molecular flexibility index (Phi) is 4.37. The van der Waals surface area contributed by atoms with Crippen LogP contribution in [0.5, 0.6) is 0 Å². The Bertz CT molecular complexity index is 773. The first kappa shape index (κ1) is 19.2. The van der Waals surface area contributed by atoms with Crippen molar-refractivity contribution in [1.29, 1.82) is 0 Å². The third-order valence-electron chi connectivity index (χ3n) is 3.32. The smallest absolute Gasteiger partial charge is 0.238 e. The quantitative estimate of drug-likeness (QED) is 0.338. The van der Waals surface area contributed by atoms with Crippen molar-refractivity contribution in [2.45, 2.75) is 18.0 Å². The minimum atomic E-state index is -6.24. The molecule has 25 heavy (non-hydrogen) atoms. The zero-order valence-electron chi connectivity index (χ0n) is 11.2. The predicted octanol–water partition coefficient (Wildman–Crippen LogP) is 5.54. The van der Waals surface area contributed by atoms with E-state index >= 15 is 0 Å². The van der Waals surface area contributed by atoms with Gasteiger partial charge in [0.05, 0.1) is 5.56 Å². The van der Waals surface area contributed by atoms with E-state index < -0.39 is 76.0 Å². The van der Waals surface area contributed by atoms with Crippen LogP contribution in [-0.2, 0) is 0 Å². The van der Waals surface area contributed by atoms with Crippen LogP contribution in [0.2, 0.25) is 0 Å². The molecule has 0 aromatic heterocycles. The topological polar surface area (TPSA) is 0 Å². The lowest BCUT2D eigenvalue weighted by Crippen LogP contribution is -2.49. The average Bonchev–Trinajstić information content (AvgIpc) is 2.51. The van der Waals surface area contributed by atoms with Crippen molar-refractivity contribution >= 4 is 5.57 Å². The Labute approximate surface area is 130 Å². The molecule has 0 spiro atoms. The lowest BCUT2D eigenvalue weighted by Gasteiger charge is -2.32. The van der Waals surface area contributed by atoms with Gasteiger partial charge in [0.25, 0.3) is 5.67 Å². The summed E-state index contributed by atoms with van der Waals surface area (Å²) in [5, 5.41) is 0. The summed E-state index contributed by atoms with van der Waals surface area (Å²) in [6, 6.07) is 0. The molecule has 0 radical (unpaired) electrons. The van der Waals surface area contributed by atoms with Crippen LogP contribution in [0.4, 0.5) is 52.7 Å². The first-order valence-corrected chi connectivity index (χ1v) is 5.95. The molecule has 2 rings (SSSR count). The maximum absolute atomic E-state index is 14.0. The molecule has 0 saturated heterocycles. The fourth-order valence-electron chi connectivity index (χ4n) is 2.07. The van der Waals surface area contributed by atoms with Crippen molar-refractivity contribution < 1.29 is 52.7 Å². The van der Waals surface area contributed by atoms with Crippen LogP contribution in [0.1, 0.15) is 5.56 Å². The van der Waals surface area contributed by atoms with Crippen LogP contribution >= 0.6 is 0 Å². The summed E-state index contributed by atoms with van der Waals surface area (Å²) in [7, 11) is 0. The maximum Gasteiger partial charge on any atom is 0.429 e. The second kappa shape index (κ2) is 5.70. The minimum Gasteiger partial charge on any atom is -0.238 e. The highest BCUT2D eigenvalue weighted by molar-refractivity contribution is 5.77. The molecule has 12 heteroatoms. The summed E-state index contributed by atoms with van der Waals surface area (Å²) >= 11 is 0. The van der Waals surface area contributed by atoms with Crippen molar-refractivity contribution in [1.82, 2.24) is 0 Å². The van der Waals surface area contributed by atoms with Crippen LogP contribution in [0.15, 0.2) is 17.7 Å². The molecule has 0 bridgehead atoms. The van der Waals surface area contributed by atoms with Crippen molar-refractivity contribution in [3.05, 3.63) is 52.4 Å². The molecule has 1 aliphatic carbocycles. The van der Waals surface area contributed by atoms with E-state index in [1.807, 2.05) is 0 Å². The summed E-state index contributed by atoms with van der Waals surface area (Å²) in [6.07, 6.45) is -11.8. The molecule has 1 aliphatic rings. The molecule has 2 atom stereocenters. The number of hydrogen-bond acceptors (Lipinski definition) is 0. The summed E-state index contributed by atoms with van der Waals surface area (Å²) < 4.78 is 159. The van der Waals surface area contributed by atoms with Gasteiger partial charge >= 0.3 is 6.18 Å². The van der Waals surface area contributed by atoms with Gasteiger partial charge in [-0.3, -0.25) is 0 Å². The second-order valence-corrected chi connectivity index (χ2v) is 4.79. The van der Waals surface area contributed by atoms with Gasteiger partial charge in [0.2, 0.25) is 5.82 Å². The third kappa shape index (κ3) is 2.58. The second-order valence-electron chi connectivity index (χ2n) is 4.79. The number of hydrogen-bond donors (Lipinski definition) is 0. The maximum atomic E-state index is 14.0. The number of halogens is 12. The van der Waals surface area contributed by atoms with Crippen LogP contribution in [0.25, 0.3) is 5.57 Å². The van der Waals surface area contributed by atoms with Gasteiger partial charge in [0.15, 0.2) is 41.1 Å². The first-order valence-electron chi connectivity index (χ1n) is 5.95. The average molecular weight is 386 g/mol. The summed E-state index contributed by atoms with van der Waals surface area (Å²) in [4.78, 5) is 0. The monoisotopic (exact) mass is 386 g/mol. The Morgan fingerprint density at radius 2 is 1.16 bits per heavy atom. The lowest BCUT2D eigenvalue weighted by molar-refractivity contribution is -0.225. The third-order valence-corrected chi connectivity index (χ3v) is 3.32. The van der Waals surface area contributed by atoms with E-state index in [2.05, 4.69) is 0 Å². The first-order chi connectivity index (χ1) is 11.3. The van der Waals surface area contributed by atoms with Crippen LogP contribution in [0, 0.1) is 29.1 Å². The molecule has 0 amide bonds. The fraction of sp³-hybridized carbons (Fsp3) is 0.231. The normalized spacial score (nSPS) is 24.6. The van der Waals surface area contributed by atoms with Gasteiger partial charge in [-0.2, -0.15) is 13.2 Å². The van der Waals surface area contributed by atoms with Crippen molar-refractivity contribution in [3.63, 3.8) is 0 Å². The Hall–Kier alpha value is -2.14. The van der Waals surface area contributed by atoms with E-state index in [1.165, 1.54) is 0 Å². The van der Waals surface area contributed by atoms with E-state index in [0.29, 0.717) is 0 Å². The molecule has 1 aromatic carbocycles. The molecule has 0 aliphatic heterocycles. The van der Waals surface area contributed by atoms with Gasteiger partial charge in [-0.1, -0.05) is 0 Å². The van der Waals surface area contributed by atoms with E-state index in [9.17, 15) is 52.7 Å². The highest BCUT2D eigenvalue weighted by atomic mass is 19.4.